The number of fused-ring (bicyclic) bond motifs is 1. The lowest BCUT2D eigenvalue weighted by Crippen LogP contribution is -2.26. The maximum atomic E-state index is 12.5. The molecule has 0 spiro atoms. The van der Waals surface area contributed by atoms with Gasteiger partial charge in [0.1, 0.15) is 13.2 Å². The first kappa shape index (κ1) is 18.0. The zero-order chi connectivity index (χ0) is 18.0. The highest BCUT2D eigenvalue weighted by Crippen LogP contribution is 2.38. The van der Waals surface area contributed by atoms with E-state index in [-0.39, 0.29) is 6.54 Å². The molecule has 0 aliphatic carbocycles. The van der Waals surface area contributed by atoms with Crippen LogP contribution in [0.25, 0.3) is 0 Å². The van der Waals surface area contributed by atoms with Crippen LogP contribution in [-0.2, 0) is 16.4 Å². The van der Waals surface area contributed by atoms with Crippen LogP contribution < -0.4 is 14.2 Å². The van der Waals surface area contributed by atoms with E-state index in [0.717, 1.165) is 16.7 Å². The van der Waals surface area contributed by atoms with Crippen molar-refractivity contribution < 1.29 is 17.9 Å². The Morgan fingerprint density at radius 3 is 2.64 bits per heavy atom. The first-order chi connectivity index (χ1) is 11.9. The van der Waals surface area contributed by atoms with Crippen molar-refractivity contribution >= 4 is 21.6 Å². The Hall–Kier alpha value is -1.76. The third-order valence-electron chi connectivity index (χ3n) is 3.98. The molecular weight excluding hydrogens is 362 g/mol. The molecule has 3 rings (SSSR count). The van der Waals surface area contributed by atoms with Crippen molar-refractivity contribution in [2.24, 2.45) is 0 Å². The van der Waals surface area contributed by atoms with Crippen LogP contribution in [0.3, 0.4) is 0 Å². The molecule has 0 saturated heterocycles. The summed E-state index contributed by atoms with van der Waals surface area (Å²) in [7, 11) is -3.54. The van der Waals surface area contributed by atoms with Crippen LogP contribution in [0.5, 0.6) is 11.5 Å². The minimum atomic E-state index is -3.54. The van der Waals surface area contributed by atoms with Gasteiger partial charge in [-0.1, -0.05) is 29.3 Å². The molecule has 0 amide bonds. The van der Waals surface area contributed by atoms with E-state index in [1.54, 1.807) is 25.1 Å². The molecule has 2 aromatic carbocycles. The average Bonchev–Trinajstić information content (AvgIpc) is 2.54. The van der Waals surface area contributed by atoms with E-state index in [0.29, 0.717) is 41.1 Å². The van der Waals surface area contributed by atoms with E-state index in [1.165, 1.54) is 0 Å². The van der Waals surface area contributed by atoms with E-state index in [9.17, 15) is 8.42 Å². The van der Waals surface area contributed by atoms with Crippen LogP contribution in [0.4, 0.5) is 0 Å². The zero-order valence-corrected chi connectivity index (χ0v) is 15.7. The molecule has 7 heteroatoms. The molecule has 0 radical (unpaired) electrons. The molecule has 0 bridgehead atoms. The summed E-state index contributed by atoms with van der Waals surface area (Å²) in [6, 6.07) is 8.90. The summed E-state index contributed by atoms with van der Waals surface area (Å²) in [5, 5.41) is 0.476. The van der Waals surface area contributed by atoms with Gasteiger partial charge in [-0.05, 0) is 49.6 Å². The van der Waals surface area contributed by atoms with Crippen molar-refractivity contribution in [1.29, 1.82) is 0 Å². The molecule has 0 aromatic heterocycles. The topological polar surface area (TPSA) is 64.6 Å². The number of rotatable bonds is 5. The quantitative estimate of drug-likeness (QED) is 0.863. The standard InChI is InChI=1S/C18H20ClNO4S/c1-12-3-4-17(13(2)9-12)25(21,22)20-6-5-14-10-15(19)18-16(11-14)23-7-8-24-18/h3-4,9-11,20H,5-8H2,1-2H3. The number of hydrogen-bond acceptors (Lipinski definition) is 4. The summed E-state index contributed by atoms with van der Waals surface area (Å²) in [6.45, 7) is 4.95. The predicted molar refractivity (Wildman–Crippen MR) is 97.3 cm³/mol. The highest BCUT2D eigenvalue weighted by Gasteiger charge is 2.18. The maximum absolute atomic E-state index is 12.5. The number of ether oxygens (including phenoxy) is 2. The lowest BCUT2D eigenvalue weighted by Gasteiger charge is -2.20. The fraction of sp³-hybridized carbons (Fsp3) is 0.333. The van der Waals surface area contributed by atoms with E-state index in [1.807, 2.05) is 19.1 Å². The van der Waals surface area contributed by atoms with Gasteiger partial charge >= 0.3 is 0 Å². The van der Waals surface area contributed by atoms with Crippen molar-refractivity contribution in [3.05, 3.63) is 52.0 Å². The Balaban J connectivity index is 1.69. The molecule has 0 atom stereocenters. The number of hydrogen-bond donors (Lipinski definition) is 1. The summed E-state index contributed by atoms with van der Waals surface area (Å²) in [5.41, 5.74) is 2.65. The van der Waals surface area contributed by atoms with E-state index in [2.05, 4.69) is 4.72 Å². The van der Waals surface area contributed by atoms with E-state index in [4.69, 9.17) is 21.1 Å². The van der Waals surface area contributed by atoms with E-state index < -0.39 is 10.0 Å². The SMILES string of the molecule is Cc1ccc(S(=O)(=O)NCCc2cc(Cl)c3c(c2)OCCO3)c(C)c1. The third-order valence-corrected chi connectivity index (χ3v) is 5.88. The van der Waals surface area contributed by atoms with Gasteiger partial charge in [-0.25, -0.2) is 13.1 Å². The summed E-state index contributed by atoms with van der Waals surface area (Å²) in [4.78, 5) is 0.304. The molecule has 134 valence electrons. The molecule has 2 aromatic rings. The smallest absolute Gasteiger partial charge is 0.240 e. The lowest BCUT2D eigenvalue weighted by molar-refractivity contribution is 0.171. The molecular formula is C18H20ClNO4S. The van der Waals surface area contributed by atoms with Crippen LogP contribution in [-0.4, -0.2) is 28.2 Å². The molecule has 1 aliphatic rings. The number of halogens is 1. The van der Waals surface area contributed by atoms with Gasteiger partial charge in [-0.2, -0.15) is 0 Å². The molecule has 0 fully saturated rings. The highest BCUT2D eigenvalue weighted by atomic mass is 35.5. The Kier molecular flexibility index (Phi) is 5.22. The second-order valence-electron chi connectivity index (χ2n) is 6.02. The fourth-order valence-electron chi connectivity index (χ4n) is 2.82. The fourth-order valence-corrected chi connectivity index (χ4v) is 4.36. The molecule has 25 heavy (non-hydrogen) atoms. The lowest BCUT2D eigenvalue weighted by atomic mass is 10.1. The number of nitrogens with one attached hydrogen (secondary N) is 1. The Morgan fingerprint density at radius 2 is 1.88 bits per heavy atom. The summed E-state index contributed by atoms with van der Waals surface area (Å²) >= 11 is 6.20. The number of benzene rings is 2. The number of aryl methyl sites for hydroxylation is 2. The van der Waals surface area contributed by atoms with Crippen molar-refractivity contribution in [2.75, 3.05) is 19.8 Å². The van der Waals surface area contributed by atoms with Gasteiger partial charge in [-0.15, -0.1) is 0 Å². The van der Waals surface area contributed by atoms with Crippen LogP contribution in [0, 0.1) is 13.8 Å². The van der Waals surface area contributed by atoms with Crippen LogP contribution in [0.1, 0.15) is 16.7 Å². The molecule has 5 nitrogen and oxygen atoms in total. The van der Waals surface area contributed by atoms with Gasteiger partial charge in [-0.3, -0.25) is 0 Å². The zero-order valence-electron chi connectivity index (χ0n) is 14.1. The van der Waals surface area contributed by atoms with Crippen molar-refractivity contribution in [2.45, 2.75) is 25.2 Å². The molecule has 1 N–H and O–H groups in total. The van der Waals surface area contributed by atoms with Crippen LogP contribution in [0.2, 0.25) is 5.02 Å². The van der Waals surface area contributed by atoms with E-state index >= 15 is 0 Å². The van der Waals surface area contributed by atoms with Crippen LogP contribution in [0.15, 0.2) is 35.2 Å². The second kappa shape index (κ2) is 7.23. The van der Waals surface area contributed by atoms with Gasteiger partial charge in [0.25, 0.3) is 0 Å². The number of sulfonamides is 1. The Bertz CT molecular complexity index is 896. The monoisotopic (exact) mass is 381 g/mol. The average molecular weight is 382 g/mol. The van der Waals surface area contributed by atoms with Crippen molar-refractivity contribution in [3.8, 4) is 11.5 Å². The molecule has 0 saturated carbocycles. The molecule has 0 unspecified atom stereocenters. The Morgan fingerprint density at radius 1 is 1.12 bits per heavy atom. The predicted octanol–water partition coefficient (Wildman–Crippen LogP) is 3.25. The van der Waals surface area contributed by atoms with Crippen molar-refractivity contribution in [3.63, 3.8) is 0 Å². The molecule has 1 heterocycles. The minimum absolute atomic E-state index is 0.269. The van der Waals surface area contributed by atoms with Gasteiger partial charge in [0.05, 0.1) is 9.92 Å². The second-order valence-corrected chi connectivity index (χ2v) is 8.16. The van der Waals surface area contributed by atoms with Crippen LogP contribution >= 0.6 is 11.6 Å². The summed E-state index contributed by atoms with van der Waals surface area (Å²) in [5.74, 6) is 1.15. The summed E-state index contributed by atoms with van der Waals surface area (Å²) in [6.07, 6.45) is 0.500. The highest BCUT2D eigenvalue weighted by molar-refractivity contribution is 7.89. The maximum Gasteiger partial charge on any atom is 0.240 e. The minimum Gasteiger partial charge on any atom is -0.486 e. The first-order valence-electron chi connectivity index (χ1n) is 8.02. The normalized spacial score (nSPS) is 13.7. The van der Waals surface area contributed by atoms with Gasteiger partial charge in [0.2, 0.25) is 10.0 Å². The molecule has 1 aliphatic heterocycles. The van der Waals surface area contributed by atoms with Gasteiger partial charge in [0.15, 0.2) is 11.5 Å². The van der Waals surface area contributed by atoms with Gasteiger partial charge < -0.3 is 9.47 Å². The largest absolute Gasteiger partial charge is 0.486 e. The summed E-state index contributed by atoms with van der Waals surface area (Å²) < 4.78 is 38.6. The van der Waals surface area contributed by atoms with Gasteiger partial charge in [0, 0.05) is 6.54 Å². The van der Waals surface area contributed by atoms with Crippen molar-refractivity contribution in [1.82, 2.24) is 4.72 Å². The third kappa shape index (κ3) is 4.08. The first-order valence-corrected chi connectivity index (χ1v) is 9.88. The Labute approximate surface area is 153 Å².